The first-order valence-corrected chi connectivity index (χ1v) is 16.2. The molecule has 2 aliphatic carbocycles. The van der Waals surface area contributed by atoms with Crippen LogP contribution in [0.4, 0.5) is 5.69 Å². The SMILES string of the molecule is C=C(Cl)C(=O)N(C)c1cnc2nc(-c3nn(COCC[Si](C)(C)C)c4c3C[C@@H]3C[C@]3(C)C4)[nH]c2c1. The van der Waals surface area contributed by atoms with Gasteiger partial charge in [0.25, 0.3) is 5.91 Å². The van der Waals surface area contributed by atoms with Gasteiger partial charge in [-0.3, -0.25) is 4.79 Å². The number of hydrogen-bond acceptors (Lipinski definition) is 5. The first kappa shape index (κ1) is 24.2. The van der Waals surface area contributed by atoms with Gasteiger partial charge in [-0.25, -0.2) is 14.6 Å². The summed E-state index contributed by atoms with van der Waals surface area (Å²) in [7, 11) is 0.495. The van der Waals surface area contributed by atoms with E-state index in [0.717, 1.165) is 36.7 Å². The quantitative estimate of drug-likeness (QED) is 0.261. The van der Waals surface area contributed by atoms with Gasteiger partial charge in [-0.05, 0) is 42.7 Å². The second kappa shape index (κ2) is 8.57. The lowest BCUT2D eigenvalue weighted by atomic mass is 9.87. The van der Waals surface area contributed by atoms with Crippen LogP contribution in [0, 0.1) is 11.3 Å². The zero-order valence-electron chi connectivity index (χ0n) is 21.1. The number of halogens is 1. The lowest BCUT2D eigenvalue weighted by molar-refractivity contribution is -0.114. The molecule has 0 bridgehead atoms. The van der Waals surface area contributed by atoms with Gasteiger partial charge in [0, 0.05) is 33.0 Å². The molecule has 3 aromatic heterocycles. The average Bonchev–Trinajstić information content (AvgIpc) is 3.11. The molecule has 8 nitrogen and oxygen atoms in total. The highest BCUT2D eigenvalue weighted by Gasteiger charge is 2.54. The summed E-state index contributed by atoms with van der Waals surface area (Å²) in [6.45, 7) is 14.2. The van der Waals surface area contributed by atoms with E-state index in [1.165, 1.54) is 22.6 Å². The number of hydrogen-bond donors (Lipinski definition) is 1. The Balaban J connectivity index is 1.45. The fourth-order valence-electron chi connectivity index (χ4n) is 4.92. The summed E-state index contributed by atoms with van der Waals surface area (Å²) in [5.41, 5.74) is 5.72. The topological polar surface area (TPSA) is 88.9 Å². The van der Waals surface area contributed by atoms with E-state index in [4.69, 9.17) is 26.4 Å². The number of anilines is 1. The number of amides is 1. The first-order chi connectivity index (χ1) is 16.4. The average molecular weight is 513 g/mol. The molecule has 1 fully saturated rings. The number of fused-ring (bicyclic) bond motifs is 3. The fourth-order valence-corrected chi connectivity index (χ4v) is 5.81. The molecule has 186 valence electrons. The lowest BCUT2D eigenvalue weighted by Crippen LogP contribution is -2.25. The number of H-pyrrole nitrogens is 1. The van der Waals surface area contributed by atoms with Crippen molar-refractivity contribution in [3.63, 3.8) is 0 Å². The molecule has 0 unspecified atom stereocenters. The summed E-state index contributed by atoms with van der Waals surface area (Å²) in [5, 5.41) is 4.93. The standard InChI is InChI=1S/C25H33ClN6O2Si/c1-15(26)24(33)31(3)17-10-19-22(27-13-17)29-23(28-19)21-18-9-16-11-25(16,2)12-20(18)32(30-21)14-34-7-8-35(4,5)6/h10,13,16H,1,7-9,11-12,14H2,2-6H3,(H,27,28,29)/t16-,25-/m1/s1. The molecular weight excluding hydrogens is 480 g/mol. The van der Waals surface area contributed by atoms with Crippen molar-refractivity contribution in [1.29, 1.82) is 0 Å². The number of rotatable bonds is 8. The molecule has 1 saturated carbocycles. The third-order valence-electron chi connectivity index (χ3n) is 7.41. The highest BCUT2D eigenvalue weighted by Crippen LogP contribution is 2.60. The number of likely N-dealkylation sites (N-methyl/N-ethyl adjacent to an activating group) is 1. The van der Waals surface area contributed by atoms with E-state index in [9.17, 15) is 4.79 Å². The number of ether oxygens (including phenoxy) is 1. The van der Waals surface area contributed by atoms with Gasteiger partial charge in [0.2, 0.25) is 0 Å². The Labute approximate surface area is 211 Å². The van der Waals surface area contributed by atoms with Gasteiger partial charge in [-0.1, -0.05) is 44.7 Å². The van der Waals surface area contributed by atoms with E-state index in [1.54, 1.807) is 13.2 Å². The van der Waals surface area contributed by atoms with Crippen molar-refractivity contribution in [2.75, 3.05) is 18.6 Å². The Morgan fingerprint density at radius 3 is 2.91 bits per heavy atom. The highest BCUT2D eigenvalue weighted by molar-refractivity contribution is 6.76. The second-order valence-corrected chi connectivity index (χ2v) is 17.6. The monoisotopic (exact) mass is 512 g/mol. The van der Waals surface area contributed by atoms with Gasteiger partial charge in [-0.2, -0.15) is 5.10 Å². The van der Waals surface area contributed by atoms with E-state index in [1.807, 2.05) is 10.7 Å². The molecule has 35 heavy (non-hydrogen) atoms. The van der Waals surface area contributed by atoms with Crippen molar-refractivity contribution < 1.29 is 9.53 Å². The zero-order valence-corrected chi connectivity index (χ0v) is 22.9. The number of aromatic nitrogens is 5. The highest BCUT2D eigenvalue weighted by atomic mass is 35.5. The van der Waals surface area contributed by atoms with Crippen LogP contribution >= 0.6 is 11.6 Å². The van der Waals surface area contributed by atoms with Gasteiger partial charge < -0.3 is 14.6 Å². The summed E-state index contributed by atoms with van der Waals surface area (Å²) in [5.74, 6) is 1.03. The minimum atomic E-state index is -1.15. The van der Waals surface area contributed by atoms with Crippen molar-refractivity contribution in [2.45, 2.75) is 58.6 Å². The predicted molar refractivity (Wildman–Crippen MR) is 141 cm³/mol. The number of nitrogens with zero attached hydrogens (tertiary/aromatic N) is 5. The van der Waals surface area contributed by atoms with E-state index in [2.05, 4.69) is 43.1 Å². The van der Waals surface area contributed by atoms with Crippen LogP contribution < -0.4 is 4.90 Å². The summed E-state index contributed by atoms with van der Waals surface area (Å²) < 4.78 is 8.11. The van der Waals surface area contributed by atoms with Crippen LogP contribution in [0.3, 0.4) is 0 Å². The molecule has 0 spiro atoms. The molecule has 10 heteroatoms. The normalized spacial score (nSPS) is 21.0. The van der Waals surface area contributed by atoms with Gasteiger partial charge in [0.15, 0.2) is 11.5 Å². The maximum absolute atomic E-state index is 12.2. The van der Waals surface area contributed by atoms with Crippen molar-refractivity contribution >= 4 is 42.4 Å². The van der Waals surface area contributed by atoms with Crippen molar-refractivity contribution in [2.24, 2.45) is 11.3 Å². The van der Waals surface area contributed by atoms with E-state index in [-0.39, 0.29) is 10.9 Å². The Bertz CT molecular complexity index is 1330. The lowest BCUT2D eigenvalue weighted by Gasteiger charge is -2.20. The summed E-state index contributed by atoms with van der Waals surface area (Å²) in [4.78, 5) is 26.2. The Morgan fingerprint density at radius 2 is 2.20 bits per heavy atom. The number of carbonyl (C=O) groups is 1. The van der Waals surface area contributed by atoms with Crippen molar-refractivity contribution in [1.82, 2.24) is 24.7 Å². The summed E-state index contributed by atoms with van der Waals surface area (Å²) in [6, 6.07) is 2.98. The van der Waals surface area contributed by atoms with E-state index in [0.29, 0.717) is 35.2 Å². The Hall–Kier alpha value is -2.49. The molecule has 0 aromatic carbocycles. The van der Waals surface area contributed by atoms with E-state index < -0.39 is 8.07 Å². The van der Waals surface area contributed by atoms with Gasteiger partial charge in [-0.15, -0.1) is 0 Å². The maximum atomic E-state index is 12.2. The molecule has 0 aliphatic heterocycles. The number of imidazole rings is 1. The van der Waals surface area contributed by atoms with Gasteiger partial charge in [0.05, 0.1) is 22.4 Å². The van der Waals surface area contributed by atoms with Crippen LogP contribution in [0.2, 0.25) is 25.7 Å². The number of pyridine rings is 1. The minimum absolute atomic E-state index is 0.0470. The van der Waals surface area contributed by atoms with Crippen LogP contribution in [0.5, 0.6) is 0 Å². The molecule has 0 saturated heterocycles. The van der Waals surface area contributed by atoms with Crippen LogP contribution in [0.15, 0.2) is 23.9 Å². The molecule has 1 amide bonds. The molecular formula is C25H33ClN6O2Si. The first-order valence-electron chi connectivity index (χ1n) is 12.1. The second-order valence-electron chi connectivity index (χ2n) is 11.5. The number of nitrogens with one attached hydrogen (secondary N) is 1. The molecule has 2 atom stereocenters. The number of aromatic amines is 1. The molecule has 3 aromatic rings. The summed E-state index contributed by atoms with van der Waals surface area (Å²) >= 11 is 5.79. The van der Waals surface area contributed by atoms with Gasteiger partial charge in [0.1, 0.15) is 12.4 Å². The van der Waals surface area contributed by atoms with Crippen LogP contribution in [-0.2, 0) is 29.1 Å². The molecule has 1 N–H and O–H groups in total. The van der Waals surface area contributed by atoms with E-state index >= 15 is 0 Å². The maximum Gasteiger partial charge on any atom is 0.268 e. The Morgan fingerprint density at radius 1 is 1.43 bits per heavy atom. The molecule has 2 aliphatic rings. The third-order valence-corrected chi connectivity index (χ3v) is 9.27. The van der Waals surface area contributed by atoms with Crippen LogP contribution in [0.1, 0.15) is 24.6 Å². The van der Waals surface area contributed by atoms with Crippen LogP contribution in [-0.4, -0.2) is 52.4 Å². The Kier molecular flexibility index (Phi) is 5.93. The zero-order chi connectivity index (χ0) is 25.1. The molecule has 0 radical (unpaired) electrons. The predicted octanol–water partition coefficient (Wildman–Crippen LogP) is 4.97. The largest absolute Gasteiger partial charge is 0.360 e. The molecule has 5 rings (SSSR count). The van der Waals surface area contributed by atoms with Crippen molar-refractivity contribution in [3.05, 3.63) is 35.1 Å². The van der Waals surface area contributed by atoms with Gasteiger partial charge >= 0.3 is 0 Å². The third kappa shape index (κ3) is 4.69. The fraction of sp³-hybridized carbons (Fsp3) is 0.520. The smallest absolute Gasteiger partial charge is 0.268 e. The minimum Gasteiger partial charge on any atom is -0.360 e. The number of carbonyl (C=O) groups excluding carboxylic acids is 1. The summed E-state index contributed by atoms with van der Waals surface area (Å²) in [6.07, 6.45) is 4.91. The van der Waals surface area contributed by atoms with Crippen molar-refractivity contribution in [3.8, 4) is 11.5 Å². The molecule has 3 heterocycles. The van der Waals surface area contributed by atoms with Crippen LogP contribution in [0.25, 0.3) is 22.7 Å².